The first-order valence-corrected chi connectivity index (χ1v) is 6.18. The molecule has 1 unspecified atom stereocenters. The summed E-state index contributed by atoms with van der Waals surface area (Å²) >= 11 is 0. The fraction of sp³-hybridized carbons (Fsp3) is 0.250. The molecule has 0 fully saturated rings. The van der Waals surface area contributed by atoms with E-state index >= 15 is 0 Å². The summed E-state index contributed by atoms with van der Waals surface area (Å²) in [5.41, 5.74) is 3.18. The Bertz CT molecular complexity index is 605. The summed E-state index contributed by atoms with van der Waals surface area (Å²) in [4.78, 5) is 0. The highest BCUT2D eigenvalue weighted by Gasteiger charge is 2.48. The van der Waals surface area contributed by atoms with Crippen LogP contribution in [-0.4, -0.2) is 14.2 Å². The Morgan fingerprint density at radius 1 is 0.895 bits per heavy atom. The van der Waals surface area contributed by atoms with Crippen LogP contribution < -0.4 is 0 Å². The maximum Gasteiger partial charge on any atom is 0.231 e. The fourth-order valence-electron chi connectivity index (χ4n) is 2.84. The third kappa shape index (κ3) is 1.55. The first kappa shape index (κ1) is 12.3. The maximum absolute atomic E-state index is 14.9. The molecular formula is C16H15FO2. The van der Waals surface area contributed by atoms with E-state index in [0.717, 1.165) is 16.7 Å². The quantitative estimate of drug-likeness (QED) is 0.762. The Balaban J connectivity index is 2.35. The van der Waals surface area contributed by atoms with Crippen molar-refractivity contribution in [3.05, 3.63) is 59.7 Å². The van der Waals surface area contributed by atoms with Gasteiger partial charge in [-0.15, -0.1) is 0 Å². The van der Waals surface area contributed by atoms with Crippen LogP contribution in [0.2, 0.25) is 0 Å². The second-order valence-corrected chi connectivity index (χ2v) is 4.57. The highest BCUT2D eigenvalue weighted by molar-refractivity contribution is 5.75. The van der Waals surface area contributed by atoms with E-state index in [-0.39, 0.29) is 0 Å². The van der Waals surface area contributed by atoms with Gasteiger partial charge >= 0.3 is 0 Å². The molecule has 0 saturated heterocycles. The summed E-state index contributed by atoms with van der Waals surface area (Å²) in [6.07, 6.45) is -1.35. The zero-order chi connectivity index (χ0) is 13.5. The molecule has 0 radical (unpaired) electrons. The van der Waals surface area contributed by atoms with Crippen LogP contribution >= 0.6 is 0 Å². The third-order valence-electron chi connectivity index (χ3n) is 3.77. The molecule has 1 atom stereocenters. The standard InChI is InChI=1S/C16H15FO2/c1-18-16(19-2)14-10-6-5-8-12(14)11-7-3-4-9-13(11)15(16)17/h3-10,15H,1-2H3. The maximum atomic E-state index is 14.9. The molecule has 0 heterocycles. The Kier molecular flexibility index (Phi) is 2.88. The van der Waals surface area contributed by atoms with Crippen molar-refractivity contribution in [3.63, 3.8) is 0 Å². The first-order valence-electron chi connectivity index (χ1n) is 6.18. The van der Waals surface area contributed by atoms with Gasteiger partial charge in [0.1, 0.15) is 0 Å². The largest absolute Gasteiger partial charge is 0.347 e. The second-order valence-electron chi connectivity index (χ2n) is 4.57. The molecule has 2 aromatic carbocycles. The summed E-state index contributed by atoms with van der Waals surface area (Å²) in [6.45, 7) is 0. The minimum absolute atomic E-state index is 0.602. The third-order valence-corrected chi connectivity index (χ3v) is 3.77. The van der Waals surface area contributed by atoms with Crippen LogP contribution in [0.25, 0.3) is 11.1 Å². The van der Waals surface area contributed by atoms with Crippen LogP contribution in [-0.2, 0) is 15.3 Å². The molecular weight excluding hydrogens is 243 g/mol. The van der Waals surface area contributed by atoms with Crippen molar-refractivity contribution in [3.8, 4) is 11.1 Å². The van der Waals surface area contributed by atoms with Crippen molar-refractivity contribution in [2.24, 2.45) is 0 Å². The number of methoxy groups -OCH3 is 2. The molecule has 0 saturated carbocycles. The number of halogens is 1. The summed E-state index contributed by atoms with van der Waals surface area (Å²) in [6, 6.07) is 15.1. The van der Waals surface area contributed by atoms with Crippen molar-refractivity contribution in [2.45, 2.75) is 12.0 Å². The smallest absolute Gasteiger partial charge is 0.231 e. The monoisotopic (exact) mass is 258 g/mol. The lowest BCUT2D eigenvalue weighted by Gasteiger charge is -2.39. The number of hydrogen-bond donors (Lipinski definition) is 0. The normalized spacial score (nSPS) is 19.6. The Labute approximate surface area is 111 Å². The van der Waals surface area contributed by atoms with Crippen LogP contribution in [0.5, 0.6) is 0 Å². The molecule has 3 heteroatoms. The van der Waals surface area contributed by atoms with Gasteiger partial charge in [0.25, 0.3) is 0 Å². The zero-order valence-corrected chi connectivity index (χ0v) is 10.9. The topological polar surface area (TPSA) is 18.5 Å². The van der Waals surface area contributed by atoms with E-state index in [1.54, 1.807) is 6.07 Å². The van der Waals surface area contributed by atoms with E-state index in [1.165, 1.54) is 14.2 Å². The van der Waals surface area contributed by atoms with Gasteiger partial charge in [0, 0.05) is 19.8 Å². The molecule has 0 bridgehead atoms. The lowest BCUT2D eigenvalue weighted by Crippen LogP contribution is -2.38. The van der Waals surface area contributed by atoms with Crippen LogP contribution in [0, 0.1) is 0 Å². The Morgan fingerprint density at radius 2 is 1.47 bits per heavy atom. The molecule has 98 valence electrons. The number of ether oxygens (including phenoxy) is 2. The molecule has 0 aromatic heterocycles. The molecule has 0 N–H and O–H groups in total. The Hall–Kier alpha value is -1.71. The molecule has 1 aliphatic rings. The molecule has 0 aliphatic heterocycles. The molecule has 2 aromatic rings. The molecule has 0 amide bonds. The van der Waals surface area contributed by atoms with E-state index in [4.69, 9.17) is 9.47 Å². The Morgan fingerprint density at radius 3 is 2.16 bits per heavy atom. The average molecular weight is 258 g/mol. The van der Waals surface area contributed by atoms with Gasteiger partial charge in [0.2, 0.25) is 5.79 Å². The minimum atomic E-state index is -1.37. The zero-order valence-electron chi connectivity index (χ0n) is 10.9. The SMILES string of the molecule is COC1(OC)c2ccccc2-c2ccccc2C1F. The highest BCUT2D eigenvalue weighted by Crippen LogP contribution is 2.51. The van der Waals surface area contributed by atoms with E-state index in [2.05, 4.69) is 0 Å². The number of hydrogen-bond acceptors (Lipinski definition) is 2. The fourth-order valence-corrected chi connectivity index (χ4v) is 2.84. The van der Waals surface area contributed by atoms with Crippen molar-refractivity contribution < 1.29 is 13.9 Å². The van der Waals surface area contributed by atoms with Gasteiger partial charge in [-0.1, -0.05) is 48.5 Å². The van der Waals surface area contributed by atoms with Crippen molar-refractivity contribution in [2.75, 3.05) is 14.2 Å². The van der Waals surface area contributed by atoms with E-state index in [9.17, 15) is 4.39 Å². The van der Waals surface area contributed by atoms with Crippen LogP contribution in [0.15, 0.2) is 48.5 Å². The van der Waals surface area contributed by atoms with Gasteiger partial charge in [0.15, 0.2) is 6.17 Å². The van der Waals surface area contributed by atoms with Gasteiger partial charge in [-0.2, -0.15) is 0 Å². The number of rotatable bonds is 2. The molecule has 0 spiro atoms. The number of benzene rings is 2. The summed E-state index contributed by atoms with van der Waals surface area (Å²) in [5.74, 6) is -1.37. The van der Waals surface area contributed by atoms with E-state index in [0.29, 0.717) is 5.56 Å². The summed E-state index contributed by atoms with van der Waals surface area (Å²) < 4.78 is 25.8. The predicted molar refractivity (Wildman–Crippen MR) is 71.4 cm³/mol. The van der Waals surface area contributed by atoms with Gasteiger partial charge in [-0.25, -0.2) is 4.39 Å². The van der Waals surface area contributed by atoms with Crippen molar-refractivity contribution >= 4 is 0 Å². The van der Waals surface area contributed by atoms with Gasteiger partial charge in [-0.05, 0) is 16.7 Å². The van der Waals surface area contributed by atoms with Crippen molar-refractivity contribution in [1.82, 2.24) is 0 Å². The van der Waals surface area contributed by atoms with Gasteiger partial charge in [0.05, 0.1) is 0 Å². The van der Waals surface area contributed by atoms with Gasteiger partial charge in [-0.3, -0.25) is 0 Å². The van der Waals surface area contributed by atoms with Crippen LogP contribution in [0.4, 0.5) is 4.39 Å². The minimum Gasteiger partial charge on any atom is -0.347 e. The van der Waals surface area contributed by atoms with Crippen LogP contribution in [0.1, 0.15) is 17.3 Å². The van der Waals surface area contributed by atoms with Crippen LogP contribution in [0.3, 0.4) is 0 Å². The van der Waals surface area contributed by atoms with E-state index < -0.39 is 12.0 Å². The van der Waals surface area contributed by atoms with E-state index in [1.807, 2.05) is 42.5 Å². The molecule has 19 heavy (non-hydrogen) atoms. The average Bonchev–Trinajstić information content (AvgIpc) is 2.49. The van der Waals surface area contributed by atoms with Gasteiger partial charge < -0.3 is 9.47 Å². The van der Waals surface area contributed by atoms with Crippen molar-refractivity contribution in [1.29, 1.82) is 0 Å². The predicted octanol–water partition coefficient (Wildman–Crippen LogP) is 3.82. The second kappa shape index (κ2) is 4.44. The highest BCUT2D eigenvalue weighted by atomic mass is 19.1. The summed E-state index contributed by atoms with van der Waals surface area (Å²) in [5, 5.41) is 0. The lowest BCUT2D eigenvalue weighted by molar-refractivity contribution is -0.256. The lowest BCUT2D eigenvalue weighted by atomic mass is 9.80. The first-order chi connectivity index (χ1) is 9.24. The number of fused-ring (bicyclic) bond motifs is 3. The summed E-state index contributed by atoms with van der Waals surface area (Å²) in [7, 11) is 2.95. The number of alkyl halides is 1. The molecule has 1 aliphatic carbocycles. The molecule has 3 rings (SSSR count). The molecule has 2 nitrogen and oxygen atoms in total.